The number of aliphatic hydroxyl groups is 3. The molecule has 0 aromatic heterocycles. The Morgan fingerprint density at radius 2 is 1.90 bits per heavy atom. The fourth-order valence-corrected chi connectivity index (χ4v) is 2.39. The highest BCUT2D eigenvalue weighted by Crippen LogP contribution is 2.19. The Bertz CT molecular complexity index is 400. The lowest BCUT2D eigenvalue weighted by atomic mass is 9.95. The summed E-state index contributed by atoms with van der Waals surface area (Å²) in [6, 6.07) is 10.2. The van der Waals surface area contributed by atoms with Crippen LogP contribution >= 0.6 is 0 Å². The molecule has 0 spiro atoms. The van der Waals surface area contributed by atoms with Crippen LogP contribution in [0.3, 0.4) is 0 Å². The first-order valence-electron chi connectivity index (χ1n) is 7.01. The molecule has 1 aliphatic rings. The first-order chi connectivity index (χ1) is 9.58. The summed E-state index contributed by atoms with van der Waals surface area (Å²) in [7, 11) is 0. The highest BCUT2D eigenvalue weighted by molar-refractivity contribution is 5.14. The van der Waals surface area contributed by atoms with Crippen LogP contribution in [0.4, 0.5) is 0 Å². The number of hydrogen-bond donors (Lipinski definition) is 4. The number of hydrogen-bond acceptors (Lipinski definition) is 5. The van der Waals surface area contributed by atoms with E-state index in [1.807, 2.05) is 37.3 Å². The lowest BCUT2D eigenvalue weighted by Gasteiger charge is -2.36. The molecule has 0 aliphatic carbocycles. The van der Waals surface area contributed by atoms with Crippen LogP contribution in [-0.2, 0) is 11.3 Å². The Labute approximate surface area is 119 Å². The average molecular weight is 281 g/mol. The van der Waals surface area contributed by atoms with E-state index in [2.05, 4.69) is 5.32 Å². The summed E-state index contributed by atoms with van der Waals surface area (Å²) in [6.07, 6.45) is -3.05. The number of rotatable bonds is 5. The van der Waals surface area contributed by atoms with Gasteiger partial charge in [0.2, 0.25) is 0 Å². The zero-order chi connectivity index (χ0) is 14.5. The summed E-state index contributed by atoms with van der Waals surface area (Å²) in [4.78, 5) is 0. The van der Waals surface area contributed by atoms with Crippen LogP contribution in [-0.4, -0.2) is 52.4 Å². The molecule has 5 nitrogen and oxygen atoms in total. The topological polar surface area (TPSA) is 82.0 Å². The van der Waals surface area contributed by atoms with Gasteiger partial charge in [-0.05, 0) is 18.9 Å². The second-order valence-electron chi connectivity index (χ2n) is 5.42. The summed E-state index contributed by atoms with van der Waals surface area (Å²) in [5.41, 5.74) is 1.19. The third-order valence-corrected chi connectivity index (χ3v) is 3.69. The number of nitrogens with one attached hydrogen (secondary N) is 1. The van der Waals surface area contributed by atoms with Gasteiger partial charge in [0.15, 0.2) is 0 Å². The van der Waals surface area contributed by atoms with Gasteiger partial charge in [0.25, 0.3) is 0 Å². The Kier molecular flexibility index (Phi) is 5.51. The lowest BCUT2D eigenvalue weighted by molar-refractivity contribution is -0.189. The van der Waals surface area contributed by atoms with E-state index in [9.17, 15) is 15.3 Å². The lowest BCUT2D eigenvalue weighted by Crippen LogP contribution is -2.54. The molecule has 0 saturated carbocycles. The maximum absolute atomic E-state index is 9.88. The first-order valence-corrected chi connectivity index (χ1v) is 7.01. The Hall–Kier alpha value is -0.980. The smallest absolute Gasteiger partial charge is 0.111 e. The van der Waals surface area contributed by atoms with Crippen molar-refractivity contribution in [1.82, 2.24) is 5.32 Å². The standard InChI is InChI=1S/C15H23NO4/c1-10(16-8-11-5-3-2-4-6-11)7-13-15(19)14(18)12(17)9-20-13/h2-6,10,12-19H,7-9H2,1H3/t10?,12-,13?,14?,15+/m1/s1. The van der Waals surface area contributed by atoms with Crippen molar-refractivity contribution < 1.29 is 20.1 Å². The van der Waals surface area contributed by atoms with Gasteiger partial charge in [-0.25, -0.2) is 0 Å². The largest absolute Gasteiger partial charge is 0.388 e. The zero-order valence-electron chi connectivity index (χ0n) is 11.6. The SMILES string of the molecule is CC(CC1OC[C@@H](O)C(O)[C@H]1O)NCc1ccccc1. The van der Waals surface area contributed by atoms with E-state index in [-0.39, 0.29) is 12.6 Å². The van der Waals surface area contributed by atoms with Gasteiger partial charge in [0, 0.05) is 12.6 Å². The van der Waals surface area contributed by atoms with Crippen LogP contribution in [0.1, 0.15) is 18.9 Å². The Balaban J connectivity index is 1.78. The minimum absolute atomic E-state index is 0.0638. The summed E-state index contributed by atoms with van der Waals surface area (Å²) in [5, 5.41) is 32.3. The van der Waals surface area contributed by atoms with Crippen molar-refractivity contribution in [3.05, 3.63) is 35.9 Å². The van der Waals surface area contributed by atoms with Gasteiger partial charge in [-0.2, -0.15) is 0 Å². The molecule has 1 saturated heterocycles. The highest BCUT2D eigenvalue weighted by Gasteiger charge is 2.37. The molecule has 1 heterocycles. The van der Waals surface area contributed by atoms with Crippen molar-refractivity contribution in [2.75, 3.05) is 6.61 Å². The van der Waals surface area contributed by atoms with Crippen molar-refractivity contribution in [1.29, 1.82) is 0 Å². The molecule has 3 unspecified atom stereocenters. The van der Waals surface area contributed by atoms with E-state index >= 15 is 0 Å². The zero-order valence-corrected chi connectivity index (χ0v) is 11.6. The summed E-state index contributed by atoms with van der Waals surface area (Å²) < 4.78 is 5.40. The van der Waals surface area contributed by atoms with Gasteiger partial charge >= 0.3 is 0 Å². The van der Waals surface area contributed by atoms with Crippen molar-refractivity contribution in [2.24, 2.45) is 0 Å². The fraction of sp³-hybridized carbons (Fsp3) is 0.600. The van der Waals surface area contributed by atoms with E-state index in [1.54, 1.807) is 0 Å². The minimum Gasteiger partial charge on any atom is -0.388 e. The summed E-state index contributed by atoms with van der Waals surface area (Å²) in [6.45, 7) is 2.82. The molecule has 112 valence electrons. The maximum Gasteiger partial charge on any atom is 0.111 e. The number of benzene rings is 1. The minimum atomic E-state index is -1.13. The highest BCUT2D eigenvalue weighted by atomic mass is 16.5. The van der Waals surface area contributed by atoms with E-state index in [0.717, 1.165) is 6.54 Å². The molecule has 5 atom stereocenters. The predicted molar refractivity (Wildman–Crippen MR) is 75.1 cm³/mol. The molecule has 0 radical (unpaired) electrons. The molecule has 1 aromatic rings. The fourth-order valence-electron chi connectivity index (χ4n) is 2.39. The van der Waals surface area contributed by atoms with Gasteiger partial charge in [0.05, 0.1) is 12.7 Å². The quantitative estimate of drug-likeness (QED) is 0.612. The van der Waals surface area contributed by atoms with Crippen molar-refractivity contribution in [2.45, 2.75) is 50.3 Å². The van der Waals surface area contributed by atoms with E-state index in [4.69, 9.17) is 4.74 Å². The maximum atomic E-state index is 9.88. The normalized spacial score (nSPS) is 32.0. The van der Waals surface area contributed by atoms with E-state index in [0.29, 0.717) is 6.42 Å². The molecule has 0 amide bonds. The Morgan fingerprint density at radius 1 is 1.20 bits per heavy atom. The van der Waals surface area contributed by atoms with Gasteiger partial charge in [-0.1, -0.05) is 30.3 Å². The Morgan fingerprint density at radius 3 is 2.60 bits per heavy atom. The molecule has 1 fully saturated rings. The van der Waals surface area contributed by atoms with Gasteiger partial charge < -0.3 is 25.4 Å². The molecule has 2 rings (SSSR count). The van der Waals surface area contributed by atoms with Crippen molar-refractivity contribution >= 4 is 0 Å². The third kappa shape index (κ3) is 4.01. The van der Waals surface area contributed by atoms with Crippen LogP contribution in [0.25, 0.3) is 0 Å². The van der Waals surface area contributed by atoms with Gasteiger partial charge in [-0.15, -0.1) is 0 Å². The van der Waals surface area contributed by atoms with Crippen LogP contribution in [0.5, 0.6) is 0 Å². The molecule has 1 aromatic carbocycles. The van der Waals surface area contributed by atoms with E-state index in [1.165, 1.54) is 5.56 Å². The molecule has 1 aliphatic heterocycles. The first kappa shape index (κ1) is 15.4. The van der Waals surface area contributed by atoms with Gasteiger partial charge in [-0.3, -0.25) is 0 Å². The summed E-state index contributed by atoms with van der Waals surface area (Å²) >= 11 is 0. The molecule has 0 bridgehead atoms. The molecule has 4 N–H and O–H groups in total. The number of ether oxygens (including phenoxy) is 1. The second kappa shape index (κ2) is 7.15. The molecule has 20 heavy (non-hydrogen) atoms. The third-order valence-electron chi connectivity index (χ3n) is 3.69. The predicted octanol–water partition coefficient (Wildman–Crippen LogP) is 0.0363. The second-order valence-corrected chi connectivity index (χ2v) is 5.42. The van der Waals surface area contributed by atoms with Gasteiger partial charge in [0.1, 0.15) is 18.3 Å². The molecular formula is C15H23NO4. The van der Waals surface area contributed by atoms with E-state index < -0.39 is 24.4 Å². The van der Waals surface area contributed by atoms with Crippen molar-refractivity contribution in [3.63, 3.8) is 0 Å². The molecular weight excluding hydrogens is 258 g/mol. The monoisotopic (exact) mass is 281 g/mol. The molecule has 5 heteroatoms. The summed E-state index contributed by atoms with van der Waals surface area (Å²) in [5.74, 6) is 0. The van der Waals surface area contributed by atoms with Crippen LogP contribution in [0.2, 0.25) is 0 Å². The average Bonchev–Trinajstić information content (AvgIpc) is 2.47. The van der Waals surface area contributed by atoms with Crippen LogP contribution in [0, 0.1) is 0 Å². The van der Waals surface area contributed by atoms with Crippen LogP contribution < -0.4 is 5.32 Å². The number of aliphatic hydroxyl groups excluding tert-OH is 3. The van der Waals surface area contributed by atoms with Crippen molar-refractivity contribution in [3.8, 4) is 0 Å². The van der Waals surface area contributed by atoms with Crippen LogP contribution in [0.15, 0.2) is 30.3 Å².